The second-order valence-corrected chi connectivity index (χ2v) is 2.91. The smallest absolute Gasteiger partial charge is 0.159 e. The van der Waals surface area contributed by atoms with E-state index in [0.29, 0.717) is 11.3 Å². The molecule has 0 aliphatic carbocycles. The van der Waals surface area contributed by atoms with E-state index in [1.165, 1.54) is 6.07 Å². The lowest BCUT2D eigenvalue weighted by Crippen LogP contribution is -1.94. The first-order valence-corrected chi connectivity index (χ1v) is 4.04. The van der Waals surface area contributed by atoms with Crippen molar-refractivity contribution >= 4 is 0 Å². The molecule has 0 saturated heterocycles. The summed E-state index contributed by atoms with van der Waals surface area (Å²) in [5.74, 6) is -1.71. The molecule has 2 nitrogen and oxygen atoms in total. The third-order valence-electron chi connectivity index (χ3n) is 1.97. The van der Waals surface area contributed by atoms with Gasteiger partial charge in [0.1, 0.15) is 6.20 Å². The van der Waals surface area contributed by atoms with Crippen LogP contribution in [-0.4, -0.2) is 9.78 Å². The van der Waals surface area contributed by atoms with Crippen LogP contribution in [0.4, 0.5) is 8.78 Å². The van der Waals surface area contributed by atoms with Gasteiger partial charge in [-0.3, -0.25) is 4.68 Å². The van der Waals surface area contributed by atoms with Crippen molar-refractivity contribution in [2.75, 3.05) is 0 Å². The fourth-order valence-electron chi connectivity index (χ4n) is 1.25. The number of aryl methyl sites for hydroxylation is 1. The van der Waals surface area contributed by atoms with E-state index in [0.717, 1.165) is 12.1 Å². The SMILES string of the molecule is Cn1n[c]cc1-c1ccc(F)c(F)c1. The first kappa shape index (κ1) is 8.87. The molecule has 1 radical (unpaired) electrons. The van der Waals surface area contributed by atoms with Crippen LogP contribution in [-0.2, 0) is 7.05 Å². The van der Waals surface area contributed by atoms with Crippen LogP contribution in [0.3, 0.4) is 0 Å². The van der Waals surface area contributed by atoms with Gasteiger partial charge >= 0.3 is 0 Å². The molecule has 0 unspecified atom stereocenters. The average molecular weight is 193 g/mol. The van der Waals surface area contributed by atoms with Crippen LogP contribution in [0.15, 0.2) is 24.3 Å². The van der Waals surface area contributed by atoms with Crippen molar-refractivity contribution in [3.05, 3.63) is 42.1 Å². The highest BCUT2D eigenvalue weighted by Crippen LogP contribution is 2.19. The summed E-state index contributed by atoms with van der Waals surface area (Å²) in [6, 6.07) is 5.35. The largest absolute Gasteiger partial charge is 0.267 e. The lowest BCUT2D eigenvalue weighted by atomic mass is 10.1. The van der Waals surface area contributed by atoms with Crippen LogP contribution in [0.2, 0.25) is 0 Å². The number of hydrogen-bond acceptors (Lipinski definition) is 1. The molecular weight excluding hydrogens is 186 g/mol. The third kappa shape index (κ3) is 1.39. The van der Waals surface area contributed by atoms with Crippen molar-refractivity contribution in [2.45, 2.75) is 0 Å². The molecule has 0 fully saturated rings. The molecule has 1 aromatic carbocycles. The average Bonchev–Trinajstić information content (AvgIpc) is 2.57. The summed E-state index contributed by atoms with van der Waals surface area (Å²) in [6.45, 7) is 0. The van der Waals surface area contributed by atoms with Gasteiger partial charge in [0.05, 0.1) is 5.69 Å². The van der Waals surface area contributed by atoms with Gasteiger partial charge in [-0.15, -0.1) is 0 Å². The lowest BCUT2D eigenvalue weighted by Gasteiger charge is -2.01. The molecule has 0 amide bonds. The van der Waals surface area contributed by atoms with Gasteiger partial charge in [-0.25, -0.2) is 8.78 Å². The van der Waals surface area contributed by atoms with Crippen LogP contribution in [0.25, 0.3) is 11.3 Å². The van der Waals surface area contributed by atoms with E-state index in [-0.39, 0.29) is 0 Å². The van der Waals surface area contributed by atoms with E-state index in [9.17, 15) is 8.78 Å². The summed E-state index contributed by atoms with van der Waals surface area (Å²) in [5, 5.41) is 3.82. The number of nitrogens with zero attached hydrogens (tertiary/aromatic N) is 2. The van der Waals surface area contributed by atoms with Gasteiger partial charge in [0.2, 0.25) is 0 Å². The molecule has 2 rings (SSSR count). The monoisotopic (exact) mass is 193 g/mol. The van der Waals surface area contributed by atoms with E-state index in [1.54, 1.807) is 17.8 Å². The van der Waals surface area contributed by atoms with Crippen LogP contribution in [0.1, 0.15) is 0 Å². The summed E-state index contributed by atoms with van der Waals surface area (Å²) >= 11 is 0. The fraction of sp³-hybridized carbons (Fsp3) is 0.100. The van der Waals surface area contributed by atoms with Gasteiger partial charge in [-0.1, -0.05) is 0 Å². The van der Waals surface area contributed by atoms with Gasteiger partial charge in [-0.05, 0) is 24.3 Å². The Morgan fingerprint density at radius 3 is 2.64 bits per heavy atom. The topological polar surface area (TPSA) is 17.8 Å². The molecule has 0 N–H and O–H groups in total. The summed E-state index contributed by atoms with van der Waals surface area (Å²) in [7, 11) is 1.72. The molecule has 0 aliphatic rings. The Bertz CT molecular complexity index is 463. The minimum atomic E-state index is -0.858. The van der Waals surface area contributed by atoms with Crippen molar-refractivity contribution in [1.29, 1.82) is 0 Å². The van der Waals surface area contributed by atoms with Crippen LogP contribution >= 0.6 is 0 Å². The molecule has 0 atom stereocenters. The maximum absolute atomic E-state index is 12.9. The lowest BCUT2D eigenvalue weighted by molar-refractivity contribution is 0.509. The Labute approximate surface area is 79.8 Å². The molecule has 71 valence electrons. The third-order valence-corrected chi connectivity index (χ3v) is 1.97. The van der Waals surface area contributed by atoms with E-state index >= 15 is 0 Å². The summed E-state index contributed by atoms with van der Waals surface area (Å²) < 4.78 is 27.1. The molecule has 1 aromatic heterocycles. The normalized spacial score (nSPS) is 10.5. The van der Waals surface area contributed by atoms with E-state index in [2.05, 4.69) is 11.3 Å². The Balaban J connectivity index is 2.53. The van der Waals surface area contributed by atoms with Crippen molar-refractivity contribution < 1.29 is 8.78 Å². The first-order chi connectivity index (χ1) is 6.68. The Morgan fingerprint density at radius 2 is 2.07 bits per heavy atom. The number of halogens is 2. The molecule has 1 heterocycles. The molecule has 0 saturated carbocycles. The standard InChI is InChI=1S/C10H7F2N2/c1-14-10(4-5-13-14)7-2-3-8(11)9(12)6-7/h2-4,6H,1H3. The van der Waals surface area contributed by atoms with Gasteiger partial charge in [0.15, 0.2) is 11.6 Å². The highest BCUT2D eigenvalue weighted by Gasteiger charge is 2.06. The number of hydrogen-bond donors (Lipinski definition) is 0. The maximum atomic E-state index is 12.9. The van der Waals surface area contributed by atoms with E-state index in [1.807, 2.05) is 0 Å². The van der Waals surface area contributed by atoms with Gasteiger partial charge in [0.25, 0.3) is 0 Å². The molecule has 2 aromatic rings. The van der Waals surface area contributed by atoms with Crippen molar-refractivity contribution in [3.8, 4) is 11.3 Å². The summed E-state index contributed by atoms with van der Waals surface area (Å²) in [6.07, 6.45) is 2.63. The highest BCUT2D eigenvalue weighted by atomic mass is 19.2. The Morgan fingerprint density at radius 1 is 1.29 bits per heavy atom. The molecule has 0 spiro atoms. The van der Waals surface area contributed by atoms with Crippen molar-refractivity contribution in [3.63, 3.8) is 0 Å². The van der Waals surface area contributed by atoms with E-state index in [4.69, 9.17) is 0 Å². The zero-order valence-corrected chi connectivity index (χ0v) is 7.46. The fourth-order valence-corrected chi connectivity index (χ4v) is 1.25. The van der Waals surface area contributed by atoms with Gasteiger partial charge < -0.3 is 0 Å². The molecule has 0 bridgehead atoms. The molecule has 0 aliphatic heterocycles. The second-order valence-electron chi connectivity index (χ2n) is 2.91. The summed E-state index contributed by atoms with van der Waals surface area (Å²) in [5.41, 5.74) is 1.28. The van der Waals surface area contributed by atoms with Crippen molar-refractivity contribution in [1.82, 2.24) is 9.78 Å². The molecule has 4 heteroatoms. The number of rotatable bonds is 1. The number of aromatic nitrogens is 2. The zero-order valence-electron chi connectivity index (χ0n) is 7.46. The minimum Gasteiger partial charge on any atom is -0.267 e. The predicted molar refractivity (Wildman–Crippen MR) is 47.4 cm³/mol. The van der Waals surface area contributed by atoms with Gasteiger partial charge in [-0.2, -0.15) is 5.10 Å². The minimum absolute atomic E-state index is 0.583. The Hall–Kier alpha value is -1.71. The Kier molecular flexibility index (Phi) is 2.04. The number of benzene rings is 1. The molecular formula is C10H7F2N2. The van der Waals surface area contributed by atoms with Crippen LogP contribution in [0, 0.1) is 17.8 Å². The molecule has 14 heavy (non-hydrogen) atoms. The van der Waals surface area contributed by atoms with Crippen molar-refractivity contribution in [2.24, 2.45) is 7.05 Å². The maximum Gasteiger partial charge on any atom is 0.159 e. The zero-order chi connectivity index (χ0) is 10.1. The summed E-state index contributed by atoms with van der Waals surface area (Å²) in [4.78, 5) is 0. The quantitative estimate of drug-likeness (QED) is 0.678. The first-order valence-electron chi connectivity index (χ1n) is 4.04. The predicted octanol–water partition coefficient (Wildman–Crippen LogP) is 2.17. The second kappa shape index (κ2) is 3.21. The highest BCUT2D eigenvalue weighted by molar-refractivity contribution is 5.58. The van der Waals surface area contributed by atoms with E-state index < -0.39 is 11.6 Å². The van der Waals surface area contributed by atoms with Gasteiger partial charge in [0, 0.05) is 12.6 Å². The van der Waals surface area contributed by atoms with Crippen LogP contribution < -0.4 is 0 Å². The van der Waals surface area contributed by atoms with Crippen LogP contribution in [0.5, 0.6) is 0 Å².